The lowest BCUT2D eigenvalue weighted by Gasteiger charge is -2.21. The molecule has 4 heteroatoms. The summed E-state index contributed by atoms with van der Waals surface area (Å²) in [4.78, 5) is 17.9. The maximum atomic E-state index is 11.1. The SMILES string of the molecule is C/C=C\N=C(C)CCC1CC(c2ccc3c(c2)CCO3)CN1CC=O. The van der Waals surface area contributed by atoms with Crippen LogP contribution in [0.4, 0.5) is 0 Å². The minimum absolute atomic E-state index is 0.454. The van der Waals surface area contributed by atoms with E-state index < -0.39 is 0 Å². The Morgan fingerprint density at radius 2 is 2.32 bits per heavy atom. The van der Waals surface area contributed by atoms with Gasteiger partial charge in [0.2, 0.25) is 0 Å². The third kappa shape index (κ3) is 4.37. The summed E-state index contributed by atoms with van der Waals surface area (Å²) in [6, 6.07) is 7.08. The molecule has 25 heavy (non-hydrogen) atoms. The molecule has 2 unspecified atom stereocenters. The monoisotopic (exact) mass is 340 g/mol. The first-order valence-electron chi connectivity index (χ1n) is 9.29. The molecule has 0 aromatic heterocycles. The van der Waals surface area contributed by atoms with Crippen LogP contribution in [0.2, 0.25) is 0 Å². The quantitative estimate of drug-likeness (QED) is 0.561. The van der Waals surface area contributed by atoms with Gasteiger partial charge >= 0.3 is 0 Å². The van der Waals surface area contributed by atoms with Gasteiger partial charge < -0.3 is 9.53 Å². The van der Waals surface area contributed by atoms with E-state index in [4.69, 9.17) is 4.74 Å². The summed E-state index contributed by atoms with van der Waals surface area (Å²) >= 11 is 0. The first kappa shape index (κ1) is 17.9. The lowest BCUT2D eigenvalue weighted by molar-refractivity contribution is -0.109. The molecule has 4 nitrogen and oxygen atoms in total. The van der Waals surface area contributed by atoms with Crippen LogP contribution >= 0.6 is 0 Å². The van der Waals surface area contributed by atoms with E-state index in [1.807, 2.05) is 19.2 Å². The van der Waals surface area contributed by atoms with E-state index in [1.165, 1.54) is 11.1 Å². The third-order valence-corrected chi connectivity index (χ3v) is 5.31. The van der Waals surface area contributed by atoms with Crippen LogP contribution in [0, 0.1) is 0 Å². The lowest BCUT2D eigenvalue weighted by Crippen LogP contribution is -2.31. The van der Waals surface area contributed by atoms with Gasteiger partial charge in [0.1, 0.15) is 12.0 Å². The standard InChI is InChI=1S/C21H28N2O2/c1-3-9-22-16(2)4-6-20-14-19(15-23(20)10-11-24)17-5-7-21-18(13-17)8-12-25-21/h3,5,7,9,11,13,19-20H,4,6,8,10,12,14-15H2,1-2H3/b9-3-,22-16?. The highest BCUT2D eigenvalue weighted by Gasteiger charge is 2.32. The minimum Gasteiger partial charge on any atom is -0.493 e. The van der Waals surface area contributed by atoms with Gasteiger partial charge in [-0.2, -0.15) is 0 Å². The topological polar surface area (TPSA) is 41.9 Å². The van der Waals surface area contributed by atoms with Crippen molar-refractivity contribution >= 4 is 12.0 Å². The molecule has 0 spiro atoms. The summed E-state index contributed by atoms with van der Waals surface area (Å²) in [6.07, 6.45) is 9.00. The molecule has 3 rings (SSSR count). The summed E-state index contributed by atoms with van der Waals surface area (Å²) in [5, 5.41) is 0. The second kappa shape index (κ2) is 8.43. The Labute approximate surface area is 150 Å². The lowest BCUT2D eigenvalue weighted by atomic mass is 9.93. The van der Waals surface area contributed by atoms with Crippen molar-refractivity contribution in [2.75, 3.05) is 19.7 Å². The second-order valence-electron chi connectivity index (χ2n) is 7.06. The molecule has 1 saturated heterocycles. The molecule has 0 radical (unpaired) electrons. The number of carbonyl (C=O) groups excluding carboxylic acids is 1. The molecule has 2 atom stereocenters. The van der Waals surface area contributed by atoms with E-state index in [-0.39, 0.29) is 0 Å². The third-order valence-electron chi connectivity index (χ3n) is 5.31. The van der Waals surface area contributed by atoms with Crippen LogP contribution in [0.3, 0.4) is 0 Å². The summed E-state index contributed by atoms with van der Waals surface area (Å²) in [6.45, 7) is 6.35. The van der Waals surface area contributed by atoms with E-state index in [9.17, 15) is 4.79 Å². The Balaban J connectivity index is 1.66. The molecule has 1 fully saturated rings. The van der Waals surface area contributed by atoms with Crippen molar-refractivity contribution < 1.29 is 9.53 Å². The largest absolute Gasteiger partial charge is 0.493 e. The molecular weight excluding hydrogens is 312 g/mol. The Hall–Kier alpha value is -1.94. The highest BCUT2D eigenvalue weighted by molar-refractivity contribution is 5.82. The molecule has 0 saturated carbocycles. The van der Waals surface area contributed by atoms with Crippen LogP contribution in [0.1, 0.15) is 50.2 Å². The Morgan fingerprint density at radius 3 is 3.12 bits per heavy atom. The van der Waals surface area contributed by atoms with E-state index in [0.29, 0.717) is 18.5 Å². The summed E-state index contributed by atoms with van der Waals surface area (Å²) in [5.74, 6) is 1.54. The van der Waals surface area contributed by atoms with Crippen molar-refractivity contribution in [1.29, 1.82) is 0 Å². The number of fused-ring (bicyclic) bond motifs is 1. The normalized spacial score (nSPS) is 23.8. The van der Waals surface area contributed by atoms with Crippen molar-refractivity contribution in [2.24, 2.45) is 4.99 Å². The fraction of sp³-hybridized carbons (Fsp3) is 0.524. The zero-order chi connectivity index (χ0) is 17.6. The zero-order valence-electron chi connectivity index (χ0n) is 15.3. The number of likely N-dealkylation sites (tertiary alicyclic amines) is 1. The molecule has 0 N–H and O–H groups in total. The summed E-state index contributed by atoms with van der Waals surface area (Å²) < 4.78 is 5.62. The van der Waals surface area contributed by atoms with Gasteiger partial charge in [-0.1, -0.05) is 18.2 Å². The Bertz CT molecular complexity index is 666. The molecule has 2 heterocycles. The first-order chi connectivity index (χ1) is 12.2. The van der Waals surface area contributed by atoms with Gasteiger partial charge in [-0.15, -0.1) is 0 Å². The van der Waals surface area contributed by atoms with E-state index in [2.05, 4.69) is 35.0 Å². The Kier molecular flexibility index (Phi) is 6.03. The first-order valence-corrected chi connectivity index (χ1v) is 9.29. The molecule has 0 bridgehead atoms. The van der Waals surface area contributed by atoms with Crippen LogP contribution in [0.25, 0.3) is 0 Å². The number of rotatable bonds is 7. The van der Waals surface area contributed by atoms with Gasteiger partial charge in [-0.25, -0.2) is 0 Å². The number of benzene rings is 1. The molecule has 134 valence electrons. The van der Waals surface area contributed by atoms with Crippen molar-refractivity contribution in [1.82, 2.24) is 4.90 Å². The molecule has 2 aliphatic rings. The smallest absolute Gasteiger partial charge is 0.133 e. The predicted octanol–water partition coefficient (Wildman–Crippen LogP) is 3.75. The van der Waals surface area contributed by atoms with Gasteiger partial charge in [0.15, 0.2) is 0 Å². The van der Waals surface area contributed by atoms with Gasteiger partial charge in [0.05, 0.1) is 13.2 Å². The fourth-order valence-electron chi connectivity index (χ4n) is 3.95. The van der Waals surface area contributed by atoms with Crippen LogP contribution < -0.4 is 4.74 Å². The average Bonchev–Trinajstić information content (AvgIpc) is 3.24. The maximum Gasteiger partial charge on any atom is 0.133 e. The number of allylic oxidation sites excluding steroid dienone is 1. The highest BCUT2D eigenvalue weighted by atomic mass is 16.5. The number of aldehydes is 1. The summed E-state index contributed by atoms with van der Waals surface area (Å²) in [7, 11) is 0. The fourth-order valence-corrected chi connectivity index (χ4v) is 3.95. The number of hydrogen-bond donors (Lipinski definition) is 0. The van der Waals surface area contributed by atoms with E-state index in [1.54, 1.807) is 0 Å². The average molecular weight is 340 g/mol. The summed E-state index contributed by atoms with van der Waals surface area (Å²) in [5.41, 5.74) is 3.88. The molecule has 1 aromatic carbocycles. The number of nitrogens with zero attached hydrogens (tertiary/aromatic N) is 2. The van der Waals surface area contributed by atoms with E-state index in [0.717, 1.165) is 56.6 Å². The highest BCUT2D eigenvalue weighted by Crippen LogP contribution is 2.36. The molecule has 1 aromatic rings. The van der Waals surface area contributed by atoms with Crippen LogP contribution in [0.5, 0.6) is 5.75 Å². The second-order valence-corrected chi connectivity index (χ2v) is 7.06. The van der Waals surface area contributed by atoms with Crippen LogP contribution in [0.15, 0.2) is 35.5 Å². The Morgan fingerprint density at radius 1 is 1.44 bits per heavy atom. The van der Waals surface area contributed by atoms with Crippen molar-refractivity contribution in [3.05, 3.63) is 41.6 Å². The number of hydrogen-bond acceptors (Lipinski definition) is 4. The van der Waals surface area contributed by atoms with Gasteiger partial charge in [0.25, 0.3) is 0 Å². The van der Waals surface area contributed by atoms with Gasteiger partial charge in [-0.05, 0) is 56.2 Å². The number of carbonyl (C=O) groups is 1. The van der Waals surface area contributed by atoms with E-state index >= 15 is 0 Å². The predicted molar refractivity (Wildman–Crippen MR) is 102 cm³/mol. The molecule has 0 aliphatic carbocycles. The van der Waals surface area contributed by atoms with Crippen molar-refractivity contribution in [3.8, 4) is 5.75 Å². The molecule has 0 amide bonds. The van der Waals surface area contributed by atoms with Crippen LogP contribution in [-0.4, -0.2) is 42.6 Å². The van der Waals surface area contributed by atoms with Crippen LogP contribution in [-0.2, 0) is 11.2 Å². The van der Waals surface area contributed by atoms with Gasteiger partial charge in [0, 0.05) is 30.9 Å². The number of ether oxygens (including phenoxy) is 1. The maximum absolute atomic E-state index is 11.1. The van der Waals surface area contributed by atoms with Crippen molar-refractivity contribution in [3.63, 3.8) is 0 Å². The molecule has 2 aliphatic heterocycles. The molecular formula is C21H28N2O2. The zero-order valence-corrected chi connectivity index (χ0v) is 15.3. The van der Waals surface area contributed by atoms with Crippen molar-refractivity contribution in [2.45, 2.75) is 51.5 Å². The van der Waals surface area contributed by atoms with Gasteiger partial charge in [-0.3, -0.25) is 9.89 Å². The minimum atomic E-state index is 0.454. The number of aliphatic imine (C=N–C) groups is 1.